The summed E-state index contributed by atoms with van der Waals surface area (Å²) in [7, 11) is 1.91. The number of hydrogen-bond donors (Lipinski definition) is 1. The van der Waals surface area contributed by atoms with Gasteiger partial charge in [0.2, 0.25) is 0 Å². The lowest BCUT2D eigenvalue weighted by Gasteiger charge is -2.29. The smallest absolute Gasteiger partial charge is 0.317 e. The van der Waals surface area contributed by atoms with Crippen molar-refractivity contribution in [1.82, 2.24) is 9.80 Å². The monoisotopic (exact) mass is 324 g/mol. The molecular weight excluding hydrogens is 300 g/mol. The highest BCUT2D eigenvalue weighted by atomic mass is 35.5. The number of benzene rings is 1. The lowest BCUT2D eigenvalue weighted by atomic mass is 10.1. The molecule has 1 heterocycles. The summed E-state index contributed by atoms with van der Waals surface area (Å²) in [5, 5.41) is 9.76. The molecule has 0 aliphatic carbocycles. The van der Waals surface area contributed by atoms with Gasteiger partial charge in [-0.25, -0.2) is 0 Å². The van der Waals surface area contributed by atoms with E-state index < -0.39 is 5.97 Å². The molecule has 1 fully saturated rings. The molecule has 122 valence electrons. The molecule has 2 rings (SSSR count). The number of likely N-dealkylation sites (N-methyl/N-ethyl adjacent to an activating group) is 1. The van der Waals surface area contributed by atoms with E-state index in [1.54, 1.807) is 0 Å². The number of carbonyl (C=O) groups is 1. The number of carboxylic acid groups (broad SMARTS) is 1. The number of rotatable bonds is 5. The van der Waals surface area contributed by atoms with E-state index in [1.165, 1.54) is 5.56 Å². The Balaban J connectivity index is 1.98. The van der Waals surface area contributed by atoms with Crippen molar-refractivity contribution in [2.45, 2.75) is 38.3 Å². The van der Waals surface area contributed by atoms with Gasteiger partial charge in [0.05, 0.1) is 6.54 Å². The van der Waals surface area contributed by atoms with Crippen LogP contribution >= 0.6 is 11.6 Å². The molecular formula is C17H25ClN2O2. The van der Waals surface area contributed by atoms with Gasteiger partial charge in [0.25, 0.3) is 0 Å². The van der Waals surface area contributed by atoms with Crippen molar-refractivity contribution >= 4 is 17.6 Å². The predicted octanol–water partition coefficient (Wildman–Crippen LogP) is 3.27. The summed E-state index contributed by atoms with van der Waals surface area (Å²) < 4.78 is 0. The molecule has 2 unspecified atom stereocenters. The van der Waals surface area contributed by atoms with Crippen LogP contribution in [-0.2, 0) is 4.79 Å². The molecule has 1 aliphatic rings. The maximum absolute atomic E-state index is 10.9. The van der Waals surface area contributed by atoms with E-state index in [4.69, 9.17) is 16.7 Å². The van der Waals surface area contributed by atoms with Crippen LogP contribution in [0.5, 0.6) is 0 Å². The van der Waals surface area contributed by atoms with Crippen molar-refractivity contribution in [2.24, 2.45) is 0 Å². The molecule has 1 aromatic carbocycles. The van der Waals surface area contributed by atoms with Gasteiger partial charge in [0.1, 0.15) is 0 Å². The van der Waals surface area contributed by atoms with Gasteiger partial charge in [-0.05, 0) is 51.4 Å². The van der Waals surface area contributed by atoms with Crippen LogP contribution in [0.3, 0.4) is 0 Å². The zero-order valence-corrected chi connectivity index (χ0v) is 14.1. The average Bonchev–Trinajstić information content (AvgIpc) is 2.72. The first-order chi connectivity index (χ1) is 10.5. The van der Waals surface area contributed by atoms with Crippen LogP contribution < -0.4 is 0 Å². The first-order valence-electron chi connectivity index (χ1n) is 7.89. The second-order valence-electron chi connectivity index (χ2n) is 6.13. The zero-order valence-electron chi connectivity index (χ0n) is 13.3. The van der Waals surface area contributed by atoms with Gasteiger partial charge >= 0.3 is 5.97 Å². The molecule has 0 spiro atoms. The van der Waals surface area contributed by atoms with E-state index in [1.807, 2.05) is 30.1 Å². The maximum atomic E-state index is 10.9. The lowest BCUT2D eigenvalue weighted by molar-refractivity contribution is -0.138. The minimum absolute atomic E-state index is 0.116. The summed E-state index contributed by atoms with van der Waals surface area (Å²) in [5.41, 5.74) is 1.17. The van der Waals surface area contributed by atoms with Crippen LogP contribution in [0.4, 0.5) is 0 Å². The fraction of sp³-hybridized carbons (Fsp3) is 0.588. The molecule has 4 nitrogen and oxygen atoms in total. The number of hydrogen-bond acceptors (Lipinski definition) is 3. The van der Waals surface area contributed by atoms with Crippen molar-refractivity contribution in [2.75, 3.05) is 26.7 Å². The van der Waals surface area contributed by atoms with Crippen LogP contribution in [-0.4, -0.2) is 53.6 Å². The highest BCUT2D eigenvalue weighted by molar-refractivity contribution is 6.31. The highest BCUT2D eigenvalue weighted by Gasteiger charge is 2.25. The molecule has 2 atom stereocenters. The molecule has 1 aromatic rings. The van der Waals surface area contributed by atoms with Crippen LogP contribution in [0.2, 0.25) is 5.02 Å². The van der Waals surface area contributed by atoms with Crippen LogP contribution in [0.25, 0.3) is 0 Å². The Labute approximate surface area is 137 Å². The fourth-order valence-corrected chi connectivity index (χ4v) is 3.58. The Hall–Kier alpha value is -1.10. The van der Waals surface area contributed by atoms with Gasteiger partial charge in [-0.1, -0.05) is 29.8 Å². The number of nitrogens with zero attached hydrogens (tertiary/aromatic N) is 2. The predicted molar refractivity (Wildman–Crippen MR) is 89.3 cm³/mol. The minimum Gasteiger partial charge on any atom is -0.480 e. The third kappa shape index (κ3) is 4.45. The highest BCUT2D eigenvalue weighted by Crippen LogP contribution is 2.29. The molecule has 0 aromatic heterocycles. The molecule has 1 aliphatic heterocycles. The quantitative estimate of drug-likeness (QED) is 0.902. The summed E-state index contributed by atoms with van der Waals surface area (Å²) in [6, 6.07) is 8.65. The number of likely N-dealkylation sites (tertiary alicyclic amines) is 1. The van der Waals surface area contributed by atoms with Crippen molar-refractivity contribution in [3.05, 3.63) is 34.9 Å². The second-order valence-corrected chi connectivity index (χ2v) is 6.53. The van der Waals surface area contributed by atoms with Gasteiger partial charge in [0, 0.05) is 23.7 Å². The standard InChI is InChI=1S/C17H25ClN2O2/c1-13(15-7-3-4-8-16(15)18)20-10-5-6-14(9-11-20)19(2)12-17(21)22/h3-4,7-8,13-14H,5-6,9-12H2,1-2H3,(H,21,22). The lowest BCUT2D eigenvalue weighted by Crippen LogP contribution is -2.36. The Morgan fingerprint density at radius 3 is 2.82 bits per heavy atom. The van der Waals surface area contributed by atoms with Crippen molar-refractivity contribution in [3.8, 4) is 0 Å². The molecule has 22 heavy (non-hydrogen) atoms. The summed E-state index contributed by atoms with van der Waals surface area (Å²) in [6.45, 7) is 4.32. The van der Waals surface area contributed by atoms with E-state index in [9.17, 15) is 4.79 Å². The van der Waals surface area contributed by atoms with E-state index in [2.05, 4.69) is 17.9 Å². The van der Waals surface area contributed by atoms with Crippen molar-refractivity contribution in [1.29, 1.82) is 0 Å². The third-order valence-corrected chi connectivity index (χ3v) is 4.99. The molecule has 0 amide bonds. The van der Waals surface area contributed by atoms with Crippen LogP contribution in [0.1, 0.15) is 37.8 Å². The van der Waals surface area contributed by atoms with E-state index in [-0.39, 0.29) is 12.6 Å². The van der Waals surface area contributed by atoms with Crippen LogP contribution in [0.15, 0.2) is 24.3 Å². The summed E-state index contributed by atoms with van der Waals surface area (Å²) in [4.78, 5) is 15.3. The SMILES string of the molecule is CC(c1ccccc1Cl)N1CCCC(N(C)CC(=O)O)CC1. The fourth-order valence-electron chi connectivity index (χ4n) is 3.28. The van der Waals surface area contributed by atoms with Crippen LogP contribution in [0, 0.1) is 0 Å². The zero-order chi connectivity index (χ0) is 16.1. The largest absolute Gasteiger partial charge is 0.480 e. The van der Waals surface area contributed by atoms with Gasteiger partial charge in [-0.2, -0.15) is 0 Å². The Kier molecular flexibility index (Phi) is 6.24. The molecule has 1 N–H and O–H groups in total. The van der Waals surface area contributed by atoms with Gasteiger partial charge < -0.3 is 5.11 Å². The molecule has 0 bridgehead atoms. The van der Waals surface area contributed by atoms with E-state index in [0.717, 1.165) is 37.4 Å². The Bertz CT molecular complexity index is 509. The number of halogens is 1. The maximum Gasteiger partial charge on any atom is 0.317 e. The summed E-state index contributed by atoms with van der Waals surface area (Å²) in [5.74, 6) is -0.756. The van der Waals surface area contributed by atoms with Gasteiger partial charge in [-0.3, -0.25) is 14.6 Å². The van der Waals surface area contributed by atoms with Crippen molar-refractivity contribution < 1.29 is 9.90 Å². The number of aliphatic carboxylic acids is 1. The minimum atomic E-state index is -0.756. The average molecular weight is 325 g/mol. The number of carboxylic acids is 1. The van der Waals surface area contributed by atoms with E-state index in [0.29, 0.717) is 6.04 Å². The topological polar surface area (TPSA) is 43.8 Å². The Morgan fingerprint density at radius 2 is 2.14 bits per heavy atom. The van der Waals surface area contributed by atoms with Gasteiger partial charge in [0.15, 0.2) is 0 Å². The van der Waals surface area contributed by atoms with E-state index >= 15 is 0 Å². The molecule has 1 saturated heterocycles. The molecule has 0 saturated carbocycles. The van der Waals surface area contributed by atoms with Gasteiger partial charge in [-0.15, -0.1) is 0 Å². The first-order valence-corrected chi connectivity index (χ1v) is 8.27. The molecule has 5 heteroatoms. The molecule has 0 radical (unpaired) electrons. The summed E-state index contributed by atoms with van der Waals surface area (Å²) in [6.07, 6.45) is 3.14. The summed E-state index contributed by atoms with van der Waals surface area (Å²) >= 11 is 6.32. The van der Waals surface area contributed by atoms with Crippen molar-refractivity contribution in [3.63, 3.8) is 0 Å². The normalized spacial score (nSPS) is 21.5. The third-order valence-electron chi connectivity index (χ3n) is 4.64. The first kappa shape index (κ1) is 17.3. The Morgan fingerprint density at radius 1 is 1.41 bits per heavy atom. The second kappa shape index (κ2) is 7.95.